The van der Waals surface area contributed by atoms with Crippen molar-refractivity contribution in [2.75, 3.05) is 12.4 Å². The lowest BCUT2D eigenvalue weighted by atomic mass is 9.88. The van der Waals surface area contributed by atoms with Crippen LogP contribution in [0, 0.1) is 18.8 Å². The number of allylic oxidation sites excluding steroid dienone is 1. The lowest BCUT2D eigenvalue weighted by Gasteiger charge is -2.24. The minimum Gasteiger partial charge on any atom is -0.496 e. The van der Waals surface area contributed by atoms with Gasteiger partial charge in [-0.25, -0.2) is 0 Å². The van der Waals surface area contributed by atoms with Crippen LogP contribution in [0.1, 0.15) is 25.8 Å². The first kappa shape index (κ1) is 22.6. The van der Waals surface area contributed by atoms with Crippen molar-refractivity contribution < 1.29 is 9.53 Å². The fourth-order valence-electron chi connectivity index (χ4n) is 4.76. The number of carbonyl (C=O) groups is 1. The van der Waals surface area contributed by atoms with Gasteiger partial charge in [-0.3, -0.25) is 4.79 Å². The van der Waals surface area contributed by atoms with Crippen LogP contribution < -0.4 is 10.1 Å². The van der Waals surface area contributed by atoms with Crippen LogP contribution in [0.5, 0.6) is 5.75 Å². The number of benzene rings is 4. The van der Waals surface area contributed by atoms with Gasteiger partial charge in [0.25, 0.3) is 0 Å². The highest BCUT2D eigenvalue weighted by Crippen LogP contribution is 2.46. The van der Waals surface area contributed by atoms with Crippen molar-refractivity contribution in [2.24, 2.45) is 11.8 Å². The van der Waals surface area contributed by atoms with Crippen LogP contribution in [0.3, 0.4) is 0 Å². The van der Waals surface area contributed by atoms with Gasteiger partial charge < -0.3 is 10.1 Å². The van der Waals surface area contributed by atoms with Crippen LogP contribution >= 0.6 is 0 Å². The van der Waals surface area contributed by atoms with Crippen LogP contribution in [0.25, 0.3) is 32.7 Å². The molecule has 4 aromatic rings. The van der Waals surface area contributed by atoms with Crippen molar-refractivity contribution in [1.29, 1.82) is 0 Å². The lowest BCUT2D eigenvalue weighted by molar-refractivity contribution is -0.120. The number of anilines is 1. The Hall–Kier alpha value is -3.59. The second-order valence-electron chi connectivity index (χ2n) is 8.63. The van der Waals surface area contributed by atoms with Crippen molar-refractivity contribution in [3.05, 3.63) is 84.9 Å². The number of fused-ring (bicyclic) bond motifs is 2. The standard InChI is InChI=1S/C30H31NO2/c1-6-19(3)23(7-2)30(32)31-29-20(4)18-22-13-9-11-15-25(22)28(29)27-24-14-10-8-12-21(24)16-17-26(27)33-5/h6,8-19,23H,1,7H2,2-5H3,(H,31,32)/t19-,23+/m1/s1. The van der Waals surface area contributed by atoms with E-state index >= 15 is 0 Å². The number of ether oxygens (including phenoxy) is 1. The maximum absolute atomic E-state index is 13.4. The second kappa shape index (κ2) is 9.50. The molecule has 4 aromatic carbocycles. The average Bonchev–Trinajstić information content (AvgIpc) is 2.84. The number of nitrogens with one attached hydrogen (secondary N) is 1. The summed E-state index contributed by atoms with van der Waals surface area (Å²) in [5.74, 6) is 0.747. The molecular formula is C30H31NO2. The van der Waals surface area contributed by atoms with Gasteiger partial charge in [-0.05, 0) is 58.5 Å². The van der Waals surface area contributed by atoms with Crippen LogP contribution in [0.2, 0.25) is 0 Å². The highest BCUT2D eigenvalue weighted by atomic mass is 16.5. The smallest absolute Gasteiger partial charge is 0.228 e. The Labute approximate surface area is 196 Å². The molecule has 0 aromatic heterocycles. The maximum atomic E-state index is 13.4. The summed E-state index contributed by atoms with van der Waals surface area (Å²) in [6, 6.07) is 22.8. The molecule has 3 nitrogen and oxygen atoms in total. The van der Waals surface area contributed by atoms with Crippen LogP contribution in [0.15, 0.2) is 79.4 Å². The second-order valence-corrected chi connectivity index (χ2v) is 8.63. The molecule has 168 valence electrons. The SMILES string of the molecule is C=C[C@@H](C)[C@H](CC)C(=O)Nc1c(C)cc2ccccc2c1-c1c(OC)ccc2ccccc12. The van der Waals surface area contributed by atoms with Gasteiger partial charge in [-0.2, -0.15) is 0 Å². The van der Waals surface area contributed by atoms with Crippen molar-refractivity contribution in [3.8, 4) is 16.9 Å². The van der Waals surface area contributed by atoms with Gasteiger partial charge in [0.2, 0.25) is 5.91 Å². The summed E-state index contributed by atoms with van der Waals surface area (Å²) in [7, 11) is 1.70. The highest BCUT2D eigenvalue weighted by Gasteiger charge is 2.25. The summed E-state index contributed by atoms with van der Waals surface area (Å²) in [4.78, 5) is 13.4. The molecule has 1 N–H and O–H groups in total. The van der Waals surface area contributed by atoms with E-state index in [1.54, 1.807) is 7.11 Å². The predicted octanol–water partition coefficient (Wildman–Crippen LogP) is 7.76. The van der Waals surface area contributed by atoms with Crippen LogP contribution in [-0.4, -0.2) is 13.0 Å². The Bertz CT molecular complexity index is 1340. The molecule has 2 atom stereocenters. The minimum absolute atomic E-state index is 0.0173. The monoisotopic (exact) mass is 437 g/mol. The third-order valence-corrected chi connectivity index (χ3v) is 6.64. The molecule has 0 unspecified atom stereocenters. The van der Waals surface area contributed by atoms with Crippen LogP contribution in [-0.2, 0) is 4.79 Å². The zero-order valence-corrected chi connectivity index (χ0v) is 19.8. The van der Waals surface area contributed by atoms with Gasteiger partial charge >= 0.3 is 0 Å². The van der Waals surface area contributed by atoms with Crippen molar-refractivity contribution in [3.63, 3.8) is 0 Å². The topological polar surface area (TPSA) is 38.3 Å². The molecule has 3 heteroatoms. The molecule has 0 saturated heterocycles. The summed E-state index contributed by atoms with van der Waals surface area (Å²) in [6.07, 6.45) is 2.61. The molecule has 1 amide bonds. The molecular weight excluding hydrogens is 406 g/mol. The predicted molar refractivity (Wildman–Crippen MR) is 140 cm³/mol. The molecule has 0 fully saturated rings. The number of amides is 1. The van der Waals surface area contributed by atoms with E-state index in [0.29, 0.717) is 0 Å². The van der Waals surface area contributed by atoms with Gasteiger partial charge in [0.1, 0.15) is 5.75 Å². The Balaban J connectivity index is 2.04. The first-order valence-corrected chi connectivity index (χ1v) is 11.5. The summed E-state index contributed by atoms with van der Waals surface area (Å²) in [5, 5.41) is 7.74. The maximum Gasteiger partial charge on any atom is 0.228 e. The lowest BCUT2D eigenvalue weighted by Crippen LogP contribution is -2.27. The Morgan fingerprint density at radius 3 is 2.27 bits per heavy atom. The van der Waals surface area contributed by atoms with Gasteiger partial charge in [-0.15, -0.1) is 6.58 Å². The largest absolute Gasteiger partial charge is 0.496 e. The Kier molecular flexibility index (Phi) is 6.50. The van der Waals surface area contributed by atoms with Crippen molar-refractivity contribution >= 4 is 33.1 Å². The molecule has 0 aliphatic heterocycles. The van der Waals surface area contributed by atoms with E-state index < -0.39 is 0 Å². The van der Waals surface area contributed by atoms with Crippen molar-refractivity contribution in [1.82, 2.24) is 0 Å². The molecule has 4 rings (SSSR count). The van der Waals surface area contributed by atoms with E-state index in [9.17, 15) is 4.79 Å². The summed E-state index contributed by atoms with van der Waals surface area (Å²) >= 11 is 0. The van der Waals surface area contributed by atoms with Crippen LogP contribution in [0.4, 0.5) is 5.69 Å². The van der Waals surface area contributed by atoms with E-state index in [1.807, 2.05) is 50.3 Å². The van der Waals surface area contributed by atoms with Gasteiger partial charge in [0.05, 0.1) is 12.8 Å². The first-order valence-electron chi connectivity index (χ1n) is 11.5. The van der Waals surface area contributed by atoms with Gasteiger partial charge in [0, 0.05) is 17.0 Å². The summed E-state index contributed by atoms with van der Waals surface area (Å²) in [6.45, 7) is 10.1. The fraction of sp³-hybridized carbons (Fsp3) is 0.233. The summed E-state index contributed by atoms with van der Waals surface area (Å²) < 4.78 is 5.85. The van der Waals surface area contributed by atoms with Gasteiger partial charge in [0.15, 0.2) is 0 Å². The Morgan fingerprint density at radius 1 is 1.00 bits per heavy atom. The molecule has 0 radical (unpaired) electrons. The average molecular weight is 438 g/mol. The van der Waals surface area contributed by atoms with E-state index in [1.165, 1.54) is 0 Å². The number of rotatable bonds is 7. The van der Waals surface area contributed by atoms with Crippen molar-refractivity contribution in [2.45, 2.75) is 27.2 Å². The quantitative estimate of drug-likeness (QED) is 0.300. The van der Waals surface area contributed by atoms with E-state index in [2.05, 4.69) is 55.2 Å². The zero-order chi connectivity index (χ0) is 23.5. The summed E-state index contributed by atoms with van der Waals surface area (Å²) in [5.41, 5.74) is 3.85. The van der Waals surface area contributed by atoms with Gasteiger partial charge in [-0.1, -0.05) is 74.5 Å². The molecule has 0 saturated carbocycles. The number of aryl methyl sites for hydroxylation is 1. The number of hydrogen-bond acceptors (Lipinski definition) is 2. The molecule has 0 spiro atoms. The van der Waals surface area contributed by atoms with E-state index in [4.69, 9.17) is 4.74 Å². The highest BCUT2D eigenvalue weighted by molar-refractivity contribution is 6.14. The third kappa shape index (κ3) is 4.11. The first-order chi connectivity index (χ1) is 16.0. The molecule has 0 heterocycles. The number of hydrogen-bond donors (Lipinski definition) is 1. The fourth-order valence-corrected chi connectivity index (χ4v) is 4.76. The molecule has 0 aliphatic carbocycles. The van der Waals surface area contributed by atoms with E-state index in [0.717, 1.165) is 56.1 Å². The zero-order valence-electron chi connectivity index (χ0n) is 19.8. The minimum atomic E-state index is -0.143. The molecule has 33 heavy (non-hydrogen) atoms. The molecule has 0 bridgehead atoms. The third-order valence-electron chi connectivity index (χ3n) is 6.64. The van der Waals surface area contributed by atoms with E-state index in [-0.39, 0.29) is 17.7 Å². The number of carbonyl (C=O) groups excluding carboxylic acids is 1. The normalized spacial score (nSPS) is 13.0. The Morgan fingerprint density at radius 2 is 1.64 bits per heavy atom. The number of methoxy groups -OCH3 is 1. The molecule has 0 aliphatic rings.